The summed E-state index contributed by atoms with van der Waals surface area (Å²) in [5.41, 5.74) is 0.682. The lowest BCUT2D eigenvalue weighted by Gasteiger charge is -2.30. The number of aryl methyl sites for hydroxylation is 1. The van der Waals surface area contributed by atoms with E-state index in [0.717, 1.165) is 12.8 Å². The van der Waals surface area contributed by atoms with Crippen molar-refractivity contribution >= 4 is 11.9 Å². The molecular formula is C14H20N2O4. The standard InChI is InChI=1S/C14H20N2O4/c1-9-7-10(15-20-9)8-16(2)13(17)11-5-3-4-6-12(11)14(18)19/h7,11-12H,3-6,8H2,1-2H3,(H,18,19)/t11-,12+/m1/s1. The Bertz CT molecular complexity index is 497. The lowest BCUT2D eigenvalue weighted by atomic mass is 9.78. The number of hydrogen-bond donors (Lipinski definition) is 1. The molecule has 1 N–H and O–H groups in total. The van der Waals surface area contributed by atoms with E-state index in [1.54, 1.807) is 24.9 Å². The molecule has 1 heterocycles. The van der Waals surface area contributed by atoms with Crippen LogP contribution in [0.25, 0.3) is 0 Å². The van der Waals surface area contributed by atoms with Crippen molar-refractivity contribution in [3.05, 3.63) is 17.5 Å². The molecule has 0 saturated heterocycles. The normalized spacial score (nSPS) is 22.5. The highest BCUT2D eigenvalue weighted by Crippen LogP contribution is 2.31. The zero-order valence-corrected chi connectivity index (χ0v) is 11.8. The number of carboxylic acid groups (broad SMARTS) is 1. The second-order valence-electron chi connectivity index (χ2n) is 5.46. The zero-order chi connectivity index (χ0) is 14.7. The summed E-state index contributed by atoms with van der Waals surface area (Å²) in [6, 6.07) is 1.78. The molecule has 0 aromatic carbocycles. The SMILES string of the molecule is Cc1cc(CN(C)C(=O)[C@@H]2CCCC[C@@H]2C(=O)O)no1. The molecule has 1 amide bonds. The van der Waals surface area contributed by atoms with Gasteiger partial charge in [0.2, 0.25) is 5.91 Å². The van der Waals surface area contributed by atoms with Gasteiger partial charge in [-0.15, -0.1) is 0 Å². The minimum absolute atomic E-state index is 0.113. The number of aliphatic carboxylic acids is 1. The highest BCUT2D eigenvalue weighted by atomic mass is 16.5. The first-order valence-electron chi connectivity index (χ1n) is 6.89. The third kappa shape index (κ3) is 3.18. The Labute approximate surface area is 117 Å². The number of rotatable bonds is 4. The molecule has 0 unspecified atom stereocenters. The van der Waals surface area contributed by atoms with Gasteiger partial charge < -0.3 is 14.5 Å². The predicted octanol–water partition coefficient (Wildman–Crippen LogP) is 1.83. The van der Waals surface area contributed by atoms with Crippen LogP contribution in [-0.2, 0) is 16.1 Å². The molecule has 1 aromatic heterocycles. The van der Waals surface area contributed by atoms with Gasteiger partial charge in [-0.2, -0.15) is 0 Å². The number of hydrogen-bond acceptors (Lipinski definition) is 4. The van der Waals surface area contributed by atoms with Crippen LogP contribution >= 0.6 is 0 Å². The fourth-order valence-electron chi connectivity index (χ4n) is 2.82. The van der Waals surface area contributed by atoms with Crippen LogP contribution in [0.2, 0.25) is 0 Å². The summed E-state index contributed by atoms with van der Waals surface area (Å²) in [4.78, 5) is 25.2. The van der Waals surface area contributed by atoms with E-state index >= 15 is 0 Å². The molecule has 0 aliphatic heterocycles. The number of carboxylic acids is 1. The maximum absolute atomic E-state index is 12.4. The molecule has 2 rings (SSSR count). The van der Waals surface area contributed by atoms with Crippen LogP contribution in [0.4, 0.5) is 0 Å². The van der Waals surface area contributed by atoms with Gasteiger partial charge in [0.25, 0.3) is 0 Å². The summed E-state index contributed by atoms with van der Waals surface area (Å²) < 4.78 is 4.97. The first-order valence-corrected chi connectivity index (χ1v) is 6.89. The highest BCUT2D eigenvalue weighted by Gasteiger charge is 2.37. The predicted molar refractivity (Wildman–Crippen MR) is 70.8 cm³/mol. The third-order valence-electron chi connectivity index (χ3n) is 3.85. The van der Waals surface area contributed by atoms with Crippen molar-refractivity contribution in [1.82, 2.24) is 10.1 Å². The lowest BCUT2D eigenvalue weighted by molar-refractivity contribution is -0.152. The molecule has 6 nitrogen and oxygen atoms in total. The Hall–Kier alpha value is -1.85. The van der Waals surface area contributed by atoms with Crippen molar-refractivity contribution in [2.45, 2.75) is 39.2 Å². The van der Waals surface area contributed by atoms with E-state index in [0.29, 0.717) is 30.8 Å². The zero-order valence-electron chi connectivity index (χ0n) is 11.8. The summed E-state index contributed by atoms with van der Waals surface area (Å²) >= 11 is 0. The molecule has 0 radical (unpaired) electrons. The number of nitrogens with zero attached hydrogens (tertiary/aromatic N) is 2. The molecular weight excluding hydrogens is 260 g/mol. The van der Waals surface area contributed by atoms with E-state index in [-0.39, 0.29) is 5.91 Å². The Morgan fingerprint density at radius 3 is 2.60 bits per heavy atom. The quantitative estimate of drug-likeness (QED) is 0.909. The van der Waals surface area contributed by atoms with E-state index in [2.05, 4.69) is 5.16 Å². The second-order valence-corrected chi connectivity index (χ2v) is 5.46. The molecule has 0 spiro atoms. The van der Waals surface area contributed by atoms with E-state index in [9.17, 15) is 14.7 Å². The first-order chi connectivity index (χ1) is 9.49. The topological polar surface area (TPSA) is 83.6 Å². The number of amides is 1. The van der Waals surface area contributed by atoms with Crippen molar-refractivity contribution in [2.24, 2.45) is 11.8 Å². The molecule has 6 heteroatoms. The van der Waals surface area contributed by atoms with Crippen molar-refractivity contribution in [3.8, 4) is 0 Å². The number of carbonyl (C=O) groups excluding carboxylic acids is 1. The van der Waals surface area contributed by atoms with Crippen LogP contribution in [0.3, 0.4) is 0 Å². The summed E-state index contributed by atoms with van der Waals surface area (Å²) in [5, 5.41) is 13.1. The molecule has 1 fully saturated rings. The van der Waals surface area contributed by atoms with Gasteiger partial charge in [0, 0.05) is 13.1 Å². The fraction of sp³-hybridized carbons (Fsp3) is 0.643. The fourth-order valence-corrected chi connectivity index (χ4v) is 2.82. The molecule has 110 valence electrons. The maximum Gasteiger partial charge on any atom is 0.307 e. The van der Waals surface area contributed by atoms with Gasteiger partial charge in [-0.1, -0.05) is 18.0 Å². The van der Waals surface area contributed by atoms with Gasteiger partial charge >= 0.3 is 5.97 Å². The number of aromatic nitrogens is 1. The van der Waals surface area contributed by atoms with E-state index in [1.807, 2.05) is 0 Å². The average molecular weight is 280 g/mol. The Morgan fingerprint density at radius 1 is 1.40 bits per heavy atom. The van der Waals surface area contributed by atoms with Gasteiger partial charge in [0.15, 0.2) is 0 Å². The van der Waals surface area contributed by atoms with Crippen LogP contribution in [0.15, 0.2) is 10.6 Å². The van der Waals surface area contributed by atoms with Gasteiger partial charge in [0.1, 0.15) is 11.5 Å². The molecule has 2 atom stereocenters. The Kier molecular flexibility index (Phi) is 4.42. The molecule has 0 bridgehead atoms. The average Bonchev–Trinajstić information content (AvgIpc) is 2.83. The summed E-state index contributed by atoms with van der Waals surface area (Å²) in [7, 11) is 1.68. The largest absolute Gasteiger partial charge is 0.481 e. The highest BCUT2D eigenvalue weighted by molar-refractivity contribution is 5.84. The van der Waals surface area contributed by atoms with Crippen molar-refractivity contribution < 1.29 is 19.2 Å². The minimum atomic E-state index is -0.867. The smallest absolute Gasteiger partial charge is 0.307 e. The van der Waals surface area contributed by atoms with Crippen LogP contribution in [0.1, 0.15) is 37.1 Å². The van der Waals surface area contributed by atoms with Gasteiger partial charge in [-0.3, -0.25) is 9.59 Å². The van der Waals surface area contributed by atoms with Gasteiger partial charge in [-0.25, -0.2) is 0 Å². The minimum Gasteiger partial charge on any atom is -0.481 e. The van der Waals surface area contributed by atoms with E-state index in [1.165, 1.54) is 0 Å². The van der Waals surface area contributed by atoms with Crippen LogP contribution in [0, 0.1) is 18.8 Å². The monoisotopic (exact) mass is 280 g/mol. The molecule has 20 heavy (non-hydrogen) atoms. The maximum atomic E-state index is 12.4. The molecule has 1 saturated carbocycles. The van der Waals surface area contributed by atoms with Crippen molar-refractivity contribution in [2.75, 3.05) is 7.05 Å². The van der Waals surface area contributed by atoms with Crippen LogP contribution in [-0.4, -0.2) is 34.1 Å². The van der Waals surface area contributed by atoms with Crippen LogP contribution in [0.5, 0.6) is 0 Å². The van der Waals surface area contributed by atoms with E-state index in [4.69, 9.17) is 4.52 Å². The van der Waals surface area contributed by atoms with Gasteiger partial charge in [-0.05, 0) is 19.8 Å². The molecule has 1 aromatic rings. The Morgan fingerprint density at radius 2 is 2.05 bits per heavy atom. The van der Waals surface area contributed by atoms with Crippen LogP contribution < -0.4 is 0 Å². The number of carbonyl (C=O) groups is 2. The van der Waals surface area contributed by atoms with Gasteiger partial charge in [0.05, 0.1) is 18.4 Å². The van der Waals surface area contributed by atoms with Crippen molar-refractivity contribution in [3.63, 3.8) is 0 Å². The summed E-state index contributed by atoms with van der Waals surface area (Å²) in [6.45, 7) is 2.14. The molecule has 1 aliphatic carbocycles. The third-order valence-corrected chi connectivity index (χ3v) is 3.85. The first kappa shape index (κ1) is 14.6. The van der Waals surface area contributed by atoms with Crippen molar-refractivity contribution in [1.29, 1.82) is 0 Å². The Balaban J connectivity index is 2.02. The lowest BCUT2D eigenvalue weighted by Crippen LogP contribution is -2.40. The summed E-state index contributed by atoms with van der Waals surface area (Å²) in [6.07, 6.45) is 3.03. The summed E-state index contributed by atoms with van der Waals surface area (Å²) in [5.74, 6) is -1.26. The second kappa shape index (κ2) is 6.07. The molecule has 1 aliphatic rings. The van der Waals surface area contributed by atoms with E-state index < -0.39 is 17.8 Å².